The minimum atomic E-state index is -0.134. The molecule has 0 aliphatic carbocycles. The van der Waals surface area contributed by atoms with Gasteiger partial charge in [-0.1, -0.05) is 0 Å². The predicted molar refractivity (Wildman–Crippen MR) is 78.6 cm³/mol. The van der Waals surface area contributed by atoms with Gasteiger partial charge >= 0.3 is 0 Å². The average Bonchev–Trinajstić information content (AvgIpc) is 2.88. The summed E-state index contributed by atoms with van der Waals surface area (Å²) >= 11 is 0. The molecule has 0 aliphatic rings. The average molecular weight is 285 g/mol. The smallest absolute Gasteiger partial charge is 0.281 e. The van der Waals surface area contributed by atoms with Gasteiger partial charge in [0.05, 0.1) is 25.6 Å². The molecule has 6 nitrogen and oxygen atoms in total. The molecule has 0 amide bonds. The number of benzene rings is 1. The summed E-state index contributed by atoms with van der Waals surface area (Å²) in [5.74, 6) is 1.20. The number of aryl methyl sites for hydroxylation is 1. The highest BCUT2D eigenvalue weighted by molar-refractivity contribution is 5.52. The van der Waals surface area contributed by atoms with Crippen LogP contribution in [0.15, 0.2) is 41.5 Å². The highest BCUT2D eigenvalue weighted by Gasteiger charge is 2.10. The van der Waals surface area contributed by atoms with E-state index in [1.54, 1.807) is 53.9 Å². The standard InChI is InChI=1S/C15H15N3O3/c1-10-8-12-15(19)17(6-7-18(12)16-10)11-4-5-13(20-2)14(9-11)21-3/h4-9H,1-3H3. The highest BCUT2D eigenvalue weighted by Crippen LogP contribution is 2.28. The van der Waals surface area contributed by atoms with E-state index < -0.39 is 0 Å². The summed E-state index contributed by atoms with van der Waals surface area (Å²) in [4.78, 5) is 12.5. The van der Waals surface area contributed by atoms with Crippen LogP contribution >= 0.6 is 0 Å². The molecule has 0 radical (unpaired) electrons. The van der Waals surface area contributed by atoms with Gasteiger partial charge in [0.25, 0.3) is 5.56 Å². The maximum atomic E-state index is 12.5. The summed E-state index contributed by atoms with van der Waals surface area (Å²) in [6.07, 6.45) is 3.43. The molecule has 3 rings (SSSR count). The van der Waals surface area contributed by atoms with Gasteiger partial charge in [0.2, 0.25) is 0 Å². The van der Waals surface area contributed by atoms with Crippen LogP contribution in [0.4, 0.5) is 0 Å². The second-order valence-electron chi connectivity index (χ2n) is 4.63. The summed E-state index contributed by atoms with van der Waals surface area (Å²) in [5.41, 5.74) is 1.91. The van der Waals surface area contributed by atoms with E-state index in [9.17, 15) is 4.79 Å². The lowest BCUT2D eigenvalue weighted by molar-refractivity contribution is 0.355. The Labute approximate surface area is 121 Å². The van der Waals surface area contributed by atoms with E-state index in [-0.39, 0.29) is 5.56 Å². The maximum absolute atomic E-state index is 12.5. The van der Waals surface area contributed by atoms with E-state index in [0.717, 1.165) is 5.69 Å². The fourth-order valence-corrected chi connectivity index (χ4v) is 2.29. The van der Waals surface area contributed by atoms with Gasteiger partial charge in [-0.05, 0) is 25.1 Å². The molecule has 0 fully saturated rings. The van der Waals surface area contributed by atoms with Crippen molar-refractivity contribution < 1.29 is 9.47 Å². The van der Waals surface area contributed by atoms with Crippen LogP contribution in [0.5, 0.6) is 11.5 Å². The molecule has 108 valence electrons. The summed E-state index contributed by atoms with van der Waals surface area (Å²) in [6, 6.07) is 7.11. The minimum absolute atomic E-state index is 0.134. The van der Waals surface area contributed by atoms with E-state index in [1.807, 2.05) is 13.0 Å². The maximum Gasteiger partial charge on any atom is 0.281 e. The first-order chi connectivity index (χ1) is 10.1. The molecule has 21 heavy (non-hydrogen) atoms. The predicted octanol–water partition coefficient (Wildman–Crippen LogP) is 1.81. The number of hydrogen-bond donors (Lipinski definition) is 0. The summed E-state index contributed by atoms with van der Waals surface area (Å²) in [5, 5.41) is 4.23. The summed E-state index contributed by atoms with van der Waals surface area (Å²) in [6.45, 7) is 1.85. The molecule has 1 aromatic carbocycles. The van der Waals surface area contributed by atoms with Gasteiger partial charge in [0.1, 0.15) is 5.52 Å². The van der Waals surface area contributed by atoms with Crippen molar-refractivity contribution in [3.63, 3.8) is 0 Å². The van der Waals surface area contributed by atoms with E-state index >= 15 is 0 Å². The minimum Gasteiger partial charge on any atom is -0.493 e. The van der Waals surface area contributed by atoms with Crippen molar-refractivity contribution in [2.45, 2.75) is 6.92 Å². The number of fused-ring (bicyclic) bond motifs is 1. The van der Waals surface area contributed by atoms with Crippen molar-refractivity contribution in [3.05, 3.63) is 52.7 Å². The number of hydrogen-bond acceptors (Lipinski definition) is 4. The van der Waals surface area contributed by atoms with Crippen LogP contribution in [-0.4, -0.2) is 28.4 Å². The molecule has 0 spiro atoms. The molecule has 0 saturated carbocycles. The molecule has 2 heterocycles. The van der Waals surface area contributed by atoms with Gasteiger partial charge in [-0.25, -0.2) is 4.52 Å². The Kier molecular flexibility index (Phi) is 3.13. The van der Waals surface area contributed by atoms with Gasteiger partial charge in [-0.3, -0.25) is 9.36 Å². The second kappa shape index (κ2) is 4.97. The van der Waals surface area contributed by atoms with Crippen molar-refractivity contribution in [3.8, 4) is 17.2 Å². The van der Waals surface area contributed by atoms with Crippen LogP contribution in [0.3, 0.4) is 0 Å². The largest absolute Gasteiger partial charge is 0.493 e. The lowest BCUT2D eigenvalue weighted by atomic mass is 10.2. The van der Waals surface area contributed by atoms with Crippen molar-refractivity contribution in [2.24, 2.45) is 0 Å². The first-order valence-corrected chi connectivity index (χ1v) is 6.44. The Hall–Kier alpha value is -2.76. The van der Waals surface area contributed by atoms with Crippen molar-refractivity contribution in [1.29, 1.82) is 0 Å². The molecule has 0 atom stereocenters. The van der Waals surface area contributed by atoms with E-state index in [4.69, 9.17) is 9.47 Å². The molecular weight excluding hydrogens is 270 g/mol. The lowest BCUT2D eigenvalue weighted by Gasteiger charge is -2.11. The quantitative estimate of drug-likeness (QED) is 0.736. The lowest BCUT2D eigenvalue weighted by Crippen LogP contribution is -2.19. The topological polar surface area (TPSA) is 57.8 Å². The van der Waals surface area contributed by atoms with Crippen LogP contribution in [0.25, 0.3) is 11.2 Å². The van der Waals surface area contributed by atoms with Crippen LogP contribution in [0, 0.1) is 6.92 Å². The number of aromatic nitrogens is 3. The van der Waals surface area contributed by atoms with E-state index in [0.29, 0.717) is 22.7 Å². The Morgan fingerprint density at radius 1 is 1.05 bits per heavy atom. The fraction of sp³-hybridized carbons (Fsp3) is 0.200. The number of ether oxygens (including phenoxy) is 2. The first kappa shape index (κ1) is 13.2. The molecular formula is C15H15N3O3. The van der Waals surface area contributed by atoms with Gasteiger partial charge in [-0.2, -0.15) is 5.10 Å². The van der Waals surface area contributed by atoms with E-state index in [1.165, 1.54) is 0 Å². The molecule has 0 N–H and O–H groups in total. The molecule has 0 bridgehead atoms. The number of methoxy groups -OCH3 is 2. The molecule has 3 aromatic rings. The number of nitrogens with zero attached hydrogens (tertiary/aromatic N) is 3. The van der Waals surface area contributed by atoms with Crippen LogP contribution in [0.1, 0.15) is 5.69 Å². The molecule has 0 saturated heterocycles. The third-order valence-corrected chi connectivity index (χ3v) is 3.30. The Balaban J connectivity index is 2.20. The monoisotopic (exact) mass is 285 g/mol. The fourth-order valence-electron chi connectivity index (χ4n) is 2.29. The zero-order valence-electron chi connectivity index (χ0n) is 12.0. The molecule has 0 unspecified atom stereocenters. The summed E-state index contributed by atoms with van der Waals surface area (Å²) < 4.78 is 13.6. The van der Waals surface area contributed by atoms with Crippen molar-refractivity contribution >= 4 is 5.52 Å². The van der Waals surface area contributed by atoms with Gasteiger partial charge in [0.15, 0.2) is 11.5 Å². The Morgan fingerprint density at radius 2 is 1.81 bits per heavy atom. The van der Waals surface area contributed by atoms with Gasteiger partial charge in [-0.15, -0.1) is 0 Å². The molecule has 6 heteroatoms. The third kappa shape index (κ3) is 2.14. The third-order valence-electron chi connectivity index (χ3n) is 3.30. The zero-order valence-corrected chi connectivity index (χ0v) is 12.0. The second-order valence-corrected chi connectivity index (χ2v) is 4.63. The number of rotatable bonds is 3. The normalized spacial score (nSPS) is 10.8. The zero-order chi connectivity index (χ0) is 15.0. The van der Waals surface area contributed by atoms with Crippen molar-refractivity contribution in [1.82, 2.24) is 14.2 Å². The van der Waals surface area contributed by atoms with Crippen LogP contribution < -0.4 is 15.0 Å². The first-order valence-electron chi connectivity index (χ1n) is 6.44. The van der Waals surface area contributed by atoms with Crippen LogP contribution in [0.2, 0.25) is 0 Å². The molecule has 0 aliphatic heterocycles. The van der Waals surface area contributed by atoms with Crippen LogP contribution in [-0.2, 0) is 0 Å². The summed E-state index contributed by atoms with van der Waals surface area (Å²) in [7, 11) is 3.14. The van der Waals surface area contributed by atoms with E-state index in [2.05, 4.69) is 5.10 Å². The highest BCUT2D eigenvalue weighted by atomic mass is 16.5. The van der Waals surface area contributed by atoms with Gasteiger partial charge < -0.3 is 9.47 Å². The van der Waals surface area contributed by atoms with Gasteiger partial charge in [0, 0.05) is 18.5 Å². The Morgan fingerprint density at radius 3 is 2.52 bits per heavy atom. The Bertz CT molecular complexity index is 864. The van der Waals surface area contributed by atoms with Crippen molar-refractivity contribution in [2.75, 3.05) is 14.2 Å². The SMILES string of the molecule is COc1ccc(-n2ccn3nc(C)cc3c2=O)cc1OC. The molecule has 2 aromatic heterocycles.